The Morgan fingerprint density at radius 2 is 1.83 bits per heavy atom. The molecule has 18 heavy (non-hydrogen) atoms. The minimum atomic E-state index is -0.446. The Bertz CT molecular complexity index is 448. The highest BCUT2D eigenvalue weighted by molar-refractivity contribution is 5.35. The molecule has 5 heteroatoms. The van der Waals surface area contributed by atoms with Crippen molar-refractivity contribution in [3.05, 3.63) is 39.9 Å². The van der Waals surface area contributed by atoms with E-state index in [2.05, 4.69) is 0 Å². The number of benzene rings is 1. The number of hydrogen-bond donors (Lipinski definition) is 0. The lowest BCUT2D eigenvalue weighted by Gasteiger charge is -2.21. The van der Waals surface area contributed by atoms with Crippen molar-refractivity contribution >= 4 is 5.69 Å². The van der Waals surface area contributed by atoms with Crippen LogP contribution in [0.1, 0.15) is 37.5 Å². The van der Waals surface area contributed by atoms with Crippen LogP contribution in [-0.4, -0.2) is 17.1 Å². The second kappa shape index (κ2) is 4.66. The van der Waals surface area contributed by atoms with Crippen LogP contribution in [0.2, 0.25) is 0 Å². The molecule has 3 rings (SSSR count). The third-order valence-electron chi connectivity index (χ3n) is 3.59. The van der Waals surface area contributed by atoms with E-state index in [-0.39, 0.29) is 17.9 Å². The maximum Gasteiger partial charge on any atom is 0.269 e. The zero-order chi connectivity index (χ0) is 12.5. The van der Waals surface area contributed by atoms with Gasteiger partial charge in [0.05, 0.1) is 17.1 Å². The number of nitrogens with zero attached hydrogens (tertiary/aromatic N) is 1. The lowest BCUT2D eigenvalue weighted by atomic mass is 9.95. The number of ether oxygens (including phenoxy) is 2. The van der Waals surface area contributed by atoms with Gasteiger partial charge >= 0.3 is 0 Å². The molecule has 0 radical (unpaired) electrons. The van der Waals surface area contributed by atoms with Gasteiger partial charge in [-0.25, -0.2) is 0 Å². The molecular formula is C13H15NO4. The lowest BCUT2D eigenvalue weighted by Crippen LogP contribution is -2.25. The van der Waals surface area contributed by atoms with Gasteiger partial charge in [0.2, 0.25) is 0 Å². The van der Waals surface area contributed by atoms with E-state index < -0.39 is 11.2 Å². The van der Waals surface area contributed by atoms with Crippen molar-refractivity contribution in [3.8, 4) is 0 Å². The molecule has 2 fully saturated rings. The van der Waals surface area contributed by atoms with Crippen molar-refractivity contribution in [2.45, 2.75) is 44.2 Å². The minimum Gasteiger partial charge on any atom is -0.342 e. The average Bonchev–Trinajstić information content (AvgIpc) is 2.82. The summed E-state index contributed by atoms with van der Waals surface area (Å²) < 4.78 is 11.7. The first kappa shape index (κ1) is 11.6. The Kier molecular flexibility index (Phi) is 3.01. The van der Waals surface area contributed by atoms with Gasteiger partial charge in [-0.05, 0) is 12.8 Å². The van der Waals surface area contributed by atoms with Crippen LogP contribution in [0.25, 0.3) is 0 Å². The smallest absolute Gasteiger partial charge is 0.269 e. The summed E-state index contributed by atoms with van der Waals surface area (Å²) in [6.07, 6.45) is 4.26. The van der Waals surface area contributed by atoms with Crippen LogP contribution in [0.15, 0.2) is 24.3 Å². The van der Waals surface area contributed by atoms with Gasteiger partial charge < -0.3 is 9.47 Å². The van der Waals surface area contributed by atoms with Gasteiger partial charge in [-0.1, -0.05) is 25.0 Å². The molecule has 5 nitrogen and oxygen atoms in total. The third kappa shape index (κ3) is 2.11. The highest BCUT2D eigenvalue weighted by Crippen LogP contribution is 2.38. The summed E-state index contributed by atoms with van der Waals surface area (Å²) in [6, 6.07) is 6.49. The second-order valence-electron chi connectivity index (χ2n) is 4.82. The van der Waals surface area contributed by atoms with Gasteiger partial charge in [0, 0.05) is 17.7 Å². The van der Waals surface area contributed by atoms with Crippen LogP contribution in [0, 0.1) is 10.1 Å². The predicted octanol–water partition coefficient (Wildman–Crippen LogP) is 2.95. The van der Waals surface area contributed by atoms with Gasteiger partial charge in [0.1, 0.15) is 0 Å². The number of rotatable bonds is 2. The summed E-state index contributed by atoms with van der Waals surface area (Å²) in [4.78, 5) is 10.3. The molecule has 1 unspecified atom stereocenters. The molecule has 96 valence electrons. The van der Waals surface area contributed by atoms with Gasteiger partial charge in [-0.3, -0.25) is 10.1 Å². The molecule has 1 heterocycles. The van der Waals surface area contributed by atoms with Crippen LogP contribution in [-0.2, 0) is 9.47 Å². The van der Waals surface area contributed by atoms with Crippen LogP contribution in [0.5, 0.6) is 0 Å². The van der Waals surface area contributed by atoms with Gasteiger partial charge in [-0.15, -0.1) is 0 Å². The number of non-ortho nitro benzene ring substituents is 1. The fraction of sp³-hybridized carbons (Fsp3) is 0.538. The molecule has 0 bridgehead atoms. The highest BCUT2D eigenvalue weighted by atomic mass is 16.7. The Morgan fingerprint density at radius 3 is 2.44 bits per heavy atom. The van der Waals surface area contributed by atoms with E-state index in [1.165, 1.54) is 25.0 Å². The van der Waals surface area contributed by atoms with Crippen molar-refractivity contribution in [2.24, 2.45) is 0 Å². The molecule has 1 saturated carbocycles. The average molecular weight is 249 g/mol. The monoisotopic (exact) mass is 249 g/mol. The van der Waals surface area contributed by atoms with Gasteiger partial charge in [0.25, 0.3) is 5.69 Å². The fourth-order valence-corrected chi connectivity index (χ4v) is 2.67. The number of fused-ring (bicyclic) bond motifs is 1. The van der Waals surface area contributed by atoms with Gasteiger partial charge in [0.15, 0.2) is 6.29 Å². The zero-order valence-corrected chi connectivity index (χ0v) is 9.95. The lowest BCUT2D eigenvalue weighted by molar-refractivity contribution is -0.385. The molecule has 1 aromatic rings. The SMILES string of the molecule is O=[N+]([O-])c1cccc(C2O[C@H]3CCCC[C@H]3O2)c1. The summed E-state index contributed by atoms with van der Waals surface area (Å²) in [5.41, 5.74) is 0.813. The highest BCUT2D eigenvalue weighted by Gasteiger charge is 2.38. The molecule has 0 aromatic heterocycles. The predicted molar refractivity (Wildman–Crippen MR) is 64.1 cm³/mol. The molecule has 1 aromatic carbocycles. The number of nitro groups is 1. The largest absolute Gasteiger partial charge is 0.342 e. The molecular weight excluding hydrogens is 234 g/mol. The first-order valence-corrected chi connectivity index (χ1v) is 6.29. The number of nitro benzene ring substituents is 1. The summed E-state index contributed by atoms with van der Waals surface area (Å²) in [5, 5.41) is 10.7. The van der Waals surface area contributed by atoms with E-state index in [4.69, 9.17) is 9.47 Å². The Labute approximate surface area is 105 Å². The van der Waals surface area contributed by atoms with Crippen LogP contribution in [0.4, 0.5) is 5.69 Å². The van der Waals surface area contributed by atoms with Gasteiger partial charge in [-0.2, -0.15) is 0 Å². The summed E-state index contributed by atoms with van der Waals surface area (Å²) in [7, 11) is 0. The fourth-order valence-electron chi connectivity index (χ4n) is 2.67. The van der Waals surface area contributed by atoms with E-state index >= 15 is 0 Å². The summed E-state index contributed by atoms with van der Waals surface area (Å²) in [6.45, 7) is 0. The van der Waals surface area contributed by atoms with E-state index in [1.807, 2.05) is 6.07 Å². The van der Waals surface area contributed by atoms with Crippen LogP contribution < -0.4 is 0 Å². The van der Waals surface area contributed by atoms with E-state index in [0.717, 1.165) is 18.4 Å². The topological polar surface area (TPSA) is 61.6 Å². The first-order valence-electron chi connectivity index (χ1n) is 6.29. The molecule has 0 spiro atoms. The maximum atomic E-state index is 10.7. The third-order valence-corrected chi connectivity index (χ3v) is 3.59. The van der Waals surface area contributed by atoms with Crippen molar-refractivity contribution in [3.63, 3.8) is 0 Å². The molecule has 0 N–H and O–H groups in total. The number of hydrogen-bond acceptors (Lipinski definition) is 4. The Morgan fingerprint density at radius 1 is 1.17 bits per heavy atom. The van der Waals surface area contributed by atoms with Crippen molar-refractivity contribution in [2.75, 3.05) is 0 Å². The van der Waals surface area contributed by atoms with E-state index in [9.17, 15) is 10.1 Å². The molecule has 1 aliphatic heterocycles. The van der Waals surface area contributed by atoms with E-state index in [1.54, 1.807) is 6.07 Å². The maximum absolute atomic E-state index is 10.7. The Balaban J connectivity index is 1.79. The van der Waals surface area contributed by atoms with E-state index in [0.29, 0.717) is 0 Å². The molecule has 1 saturated heterocycles. The van der Waals surface area contributed by atoms with Crippen LogP contribution in [0.3, 0.4) is 0 Å². The second-order valence-corrected chi connectivity index (χ2v) is 4.82. The normalized spacial score (nSPS) is 31.0. The molecule has 1 aliphatic carbocycles. The van der Waals surface area contributed by atoms with Crippen molar-refractivity contribution in [1.29, 1.82) is 0 Å². The first-order chi connectivity index (χ1) is 8.74. The molecule has 0 amide bonds. The summed E-state index contributed by atoms with van der Waals surface area (Å²) >= 11 is 0. The van der Waals surface area contributed by atoms with Crippen LogP contribution >= 0.6 is 0 Å². The minimum absolute atomic E-state index is 0.0783. The Hall–Kier alpha value is -1.46. The molecule has 3 atom stereocenters. The van der Waals surface area contributed by atoms with Crippen molar-refractivity contribution < 1.29 is 14.4 Å². The van der Waals surface area contributed by atoms with Crippen molar-refractivity contribution in [1.82, 2.24) is 0 Å². The quantitative estimate of drug-likeness (QED) is 0.597. The zero-order valence-electron chi connectivity index (χ0n) is 9.95. The summed E-state index contributed by atoms with van der Waals surface area (Å²) in [5.74, 6) is 0. The standard InChI is InChI=1S/C13H15NO4/c15-14(16)10-5-3-4-9(8-10)13-17-11-6-1-2-7-12(11)18-13/h3-5,8,11-13H,1-2,6-7H2/t11-,12+,13?. The molecule has 2 aliphatic rings.